The van der Waals surface area contributed by atoms with Crippen molar-refractivity contribution in [2.45, 2.75) is 45.2 Å². The number of pyridine rings is 2. The minimum Gasteiger partial charge on any atom is -0.492 e. The minimum absolute atomic E-state index is 0.0216. The summed E-state index contributed by atoms with van der Waals surface area (Å²) < 4.78 is 6.05. The number of hydrogen-bond acceptors (Lipinski definition) is 6. The van der Waals surface area contributed by atoms with E-state index in [-0.39, 0.29) is 11.8 Å². The summed E-state index contributed by atoms with van der Waals surface area (Å²) in [4.78, 5) is 26.3. The van der Waals surface area contributed by atoms with Crippen LogP contribution in [0.4, 0.5) is 0 Å². The standard InChI is InChI=1S/C26H37N5O2/c1-20-5-6-25(15-29-20)33-19-22-14-23(18-31(17-22)16-21-7-10-27-11-8-21)26(32)28-12-9-24-4-3-13-30(24)2/h5-8,10-11,15,22-24H,3-4,9,12-14,16-19H2,1-2H3,(H,28,32)/t22-,23+,24?/m0/s1. The van der Waals surface area contributed by atoms with Gasteiger partial charge in [0, 0.05) is 56.2 Å². The first-order valence-corrected chi connectivity index (χ1v) is 12.2. The Morgan fingerprint density at radius 3 is 2.79 bits per heavy atom. The molecule has 2 aliphatic rings. The third kappa shape index (κ3) is 6.98. The lowest BCUT2D eigenvalue weighted by Crippen LogP contribution is -2.47. The van der Waals surface area contributed by atoms with Crippen LogP contribution in [0.5, 0.6) is 5.75 Å². The van der Waals surface area contributed by atoms with Crippen molar-refractivity contribution in [1.82, 2.24) is 25.1 Å². The summed E-state index contributed by atoms with van der Waals surface area (Å²) in [6.45, 7) is 7.00. The molecule has 0 radical (unpaired) electrons. The molecule has 2 fully saturated rings. The summed E-state index contributed by atoms with van der Waals surface area (Å²) >= 11 is 0. The van der Waals surface area contributed by atoms with Crippen LogP contribution in [0.25, 0.3) is 0 Å². The number of nitrogens with zero attached hydrogens (tertiary/aromatic N) is 4. The van der Waals surface area contributed by atoms with Gasteiger partial charge in [0.05, 0.1) is 18.7 Å². The van der Waals surface area contributed by atoms with Crippen LogP contribution in [-0.2, 0) is 11.3 Å². The smallest absolute Gasteiger partial charge is 0.224 e. The maximum absolute atomic E-state index is 13.1. The normalized spacial score (nSPS) is 24.0. The van der Waals surface area contributed by atoms with Gasteiger partial charge in [0.1, 0.15) is 5.75 Å². The highest BCUT2D eigenvalue weighted by atomic mass is 16.5. The van der Waals surface area contributed by atoms with E-state index in [2.05, 4.69) is 32.1 Å². The molecule has 7 nitrogen and oxygen atoms in total. The average Bonchev–Trinajstić information content (AvgIpc) is 3.24. The molecule has 2 aliphatic heterocycles. The number of aromatic nitrogens is 2. The molecule has 3 atom stereocenters. The van der Waals surface area contributed by atoms with E-state index in [1.165, 1.54) is 24.9 Å². The monoisotopic (exact) mass is 451 g/mol. The van der Waals surface area contributed by atoms with Gasteiger partial charge in [-0.15, -0.1) is 0 Å². The van der Waals surface area contributed by atoms with Crippen LogP contribution < -0.4 is 10.1 Å². The van der Waals surface area contributed by atoms with E-state index < -0.39 is 0 Å². The Bertz CT molecular complexity index is 876. The third-order valence-electron chi connectivity index (χ3n) is 6.96. The molecule has 2 saturated heterocycles. The van der Waals surface area contributed by atoms with Crippen molar-refractivity contribution >= 4 is 5.91 Å². The zero-order valence-corrected chi connectivity index (χ0v) is 19.9. The summed E-state index contributed by atoms with van der Waals surface area (Å²) in [5.74, 6) is 1.23. The van der Waals surface area contributed by atoms with E-state index in [0.29, 0.717) is 18.6 Å². The lowest BCUT2D eigenvalue weighted by atomic mass is 9.88. The van der Waals surface area contributed by atoms with Crippen molar-refractivity contribution in [3.63, 3.8) is 0 Å². The number of ether oxygens (including phenoxy) is 1. The molecule has 4 heterocycles. The summed E-state index contributed by atoms with van der Waals surface area (Å²) in [5.41, 5.74) is 2.20. The second-order valence-electron chi connectivity index (χ2n) is 9.65. The molecule has 178 valence electrons. The molecule has 33 heavy (non-hydrogen) atoms. The van der Waals surface area contributed by atoms with Crippen LogP contribution >= 0.6 is 0 Å². The number of piperidine rings is 1. The van der Waals surface area contributed by atoms with Crippen LogP contribution in [-0.4, -0.2) is 71.6 Å². The van der Waals surface area contributed by atoms with Gasteiger partial charge >= 0.3 is 0 Å². The van der Waals surface area contributed by atoms with Crippen molar-refractivity contribution < 1.29 is 9.53 Å². The molecule has 0 aromatic carbocycles. The maximum atomic E-state index is 13.1. The second kappa shape index (κ2) is 11.6. The highest BCUT2D eigenvalue weighted by Gasteiger charge is 2.32. The molecule has 1 amide bonds. The number of nitrogens with one attached hydrogen (secondary N) is 1. The molecule has 2 aromatic rings. The van der Waals surface area contributed by atoms with Crippen LogP contribution in [0.2, 0.25) is 0 Å². The molecule has 7 heteroatoms. The minimum atomic E-state index is -0.0216. The molecule has 0 spiro atoms. The zero-order chi connectivity index (χ0) is 23.0. The van der Waals surface area contributed by atoms with Gasteiger partial charge in [0.25, 0.3) is 0 Å². The first-order valence-electron chi connectivity index (χ1n) is 12.2. The van der Waals surface area contributed by atoms with Crippen molar-refractivity contribution in [1.29, 1.82) is 0 Å². The molecule has 0 saturated carbocycles. The quantitative estimate of drug-likeness (QED) is 0.632. The number of amides is 1. The number of hydrogen-bond donors (Lipinski definition) is 1. The number of carbonyl (C=O) groups excluding carboxylic acids is 1. The van der Waals surface area contributed by atoms with E-state index >= 15 is 0 Å². The molecule has 1 unspecified atom stereocenters. The molecule has 0 aliphatic carbocycles. The SMILES string of the molecule is Cc1ccc(OC[C@H]2C[C@@H](C(=O)NCCC3CCCN3C)CN(Cc3ccncc3)C2)cn1. The van der Waals surface area contributed by atoms with Gasteiger partial charge in [-0.1, -0.05) is 0 Å². The van der Waals surface area contributed by atoms with E-state index in [1.807, 2.05) is 43.6 Å². The highest BCUT2D eigenvalue weighted by Crippen LogP contribution is 2.25. The first-order chi connectivity index (χ1) is 16.1. The topological polar surface area (TPSA) is 70.6 Å². The van der Waals surface area contributed by atoms with Gasteiger partial charge in [-0.2, -0.15) is 0 Å². The third-order valence-corrected chi connectivity index (χ3v) is 6.96. The molecule has 0 bridgehead atoms. The summed E-state index contributed by atoms with van der Waals surface area (Å²) in [6.07, 6.45) is 9.81. The lowest BCUT2D eigenvalue weighted by Gasteiger charge is -2.37. The Labute approximate surface area is 197 Å². The van der Waals surface area contributed by atoms with Gasteiger partial charge < -0.3 is 15.0 Å². The van der Waals surface area contributed by atoms with Gasteiger partial charge in [0.2, 0.25) is 5.91 Å². The van der Waals surface area contributed by atoms with Crippen LogP contribution in [0.15, 0.2) is 42.9 Å². The number of carbonyl (C=O) groups is 1. The average molecular weight is 452 g/mol. The van der Waals surface area contributed by atoms with Gasteiger partial charge in [-0.25, -0.2) is 0 Å². The summed E-state index contributed by atoms with van der Waals surface area (Å²) in [7, 11) is 2.19. The fraction of sp³-hybridized carbons (Fsp3) is 0.577. The predicted octanol–water partition coefficient (Wildman–Crippen LogP) is 2.90. The Morgan fingerprint density at radius 2 is 2.06 bits per heavy atom. The molecular weight excluding hydrogens is 414 g/mol. The van der Waals surface area contributed by atoms with Crippen LogP contribution in [0.1, 0.15) is 36.9 Å². The Morgan fingerprint density at radius 1 is 1.21 bits per heavy atom. The molecular formula is C26H37N5O2. The fourth-order valence-corrected chi connectivity index (χ4v) is 5.09. The van der Waals surface area contributed by atoms with Crippen molar-refractivity contribution in [3.05, 3.63) is 54.1 Å². The predicted molar refractivity (Wildman–Crippen MR) is 129 cm³/mol. The van der Waals surface area contributed by atoms with Crippen molar-refractivity contribution in [2.75, 3.05) is 39.8 Å². The van der Waals surface area contributed by atoms with Gasteiger partial charge in [-0.05, 0) is 76.0 Å². The second-order valence-corrected chi connectivity index (χ2v) is 9.65. The van der Waals surface area contributed by atoms with E-state index in [4.69, 9.17) is 4.74 Å². The molecule has 4 rings (SSSR count). The lowest BCUT2D eigenvalue weighted by molar-refractivity contribution is -0.127. The van der Waals surface area contributed by atoms with Crippen molar-refractivity contribution in [3.8, 4) is 5.75 Å². The number of likely N-dealkylation sites (tertiary alicyclic amines) is 2. The zero-order valence-electron chi connectivity index (χ0n) is 19.9. The van der Waals surface area contributed by atoms with Crippen LogP contribution in [0.3, 0.4) is 0 Å². The van der Waals surface area contributed by atoms with Crippen molar-refractivity contribution in [2.24, 2.45) is 11.8 Å². The van der Waals surface area contributed by atoms with E-state index in [1.54, 1.807) is 6.20 Å². The Hall–Kier alpha value is -2.51. The molecule has 1 N–H and O–H groups in total. The first kappa shape index (κ1) is 23.6. The summed E-state index contributed by atoms with van der Waals surface area (Å²) in [6, 6.07) is 8.62. The summed E-state index contributed by atoms with van der Waals surface area (Å²) in [5, 5.41) is 3.23. The Balaban J connectivity index is 1.34. The van der Waals surface area contributed by atoms with E-state index in [9.17, 15) is 4.79 Å². The fourth-order valence-electron chi connectivity index (χ4n) is 5.09. The molecule has 2 aromatic heterocycles. The number of aryl methyl sites for hydroxylation is 1. The van der Waals surface area contributed by atoms with E-state index in [0.717, 1.165) is 50.5 Å². The maximum Gasteiger partial charge on any atom is 0.224 e. The number of rotatable bonds is 9. The largest absolute Gasteiger partial charge is 0.492 e. The van der Waals surface area contributed by atoms with Gasteiger partial charge in [-0.3, -0.25) is 19.7 Å². The van der Waals surface area contributed by atoms with Gasteiger partial charge in [0.15, 0.2) is 0 Å². The highest BCUT2D eigenvalue weighted by molar-refractivity contribution is 5.79. The Kier molecular flexibility index (Phi) is 8.29. The van der Waals surface area contributed by atoms with Crippen LogP contribution in [0, 0.1) is 18.8 Å².